The molecule has 0 aliphatic carbocycles. The van der Waals surface area contributed by atoms with Gasteiger partial charge in [0.2, 0.25) is 0 Å². The van der Waals surface area contributed by atoms with Gasteiger partial charge in [-0.1, -0.05) is 30.1 Å². The lowest BCUT2D eigenvalue weighted by atomic mass is 10.1. The molecule has 1 aromatic carbocycles. The lowest BCUT2D eigenvalue weighted by molar-refractivity contribution is 0.0743. The maximum absolute atomic E-state index is 12.6. The summed E-state index contributed by atoms with van der Waals surface area (Å²) in [5.41, 5.74) is 0.0596. The first-order valence-corrected chi connectivity index (χ1v) is 9.42. The van der Waals surface area contributed by atoms with Crippen molar-refractivity contribution in [1.82, 2.24) is 4.90 Å². The quantitative estimate of drug-likeness (QED) is 0.744. The summed E-state index contributed by atoms with van der Waals surface area (Å²) in [6, 6.07) is 2.57. The predicted octanol–water partition coefficient (Wildman–Crippen LogP) is 3.79. The van der Waals surface area contributed by atoms with Crippen molar-refractivity contribution in [2.45, 2.75) is 31.2 Å². The van der Waals surface area contributed by atoms with Crippen molar-refractivity contribution in [3.05, 3.63) is 27.7 Å². The van der Waals surface area contributed by atoms with Crippen molar-refractivity contribution >= 4 is 48.8 Å². The van der Waals surface area contributed by atoms with Gasteiger partial charge in [-0.05, 0) is 31.4 Å². The summed E-state index contributed by atoms with van der Waals surface area (Å²) in [6.07, 6.45) is 0.893. The van der Waals surface area contributed by atoms with Crippen LogP contribution in [0.1, 0.15) is 30.6 Å². The number of nitrogens with zero attached hydrogens (tertiary/aromatic N) is 1. The Balaban J connectivity index is 2.50. The molecule has 1 saturated heterocycles. The molecular formula is C13H14Cl3NO3S. The number of benzene rings is 1. The van der Waals surface area contributed by atoms with E-state index in [1.54, 1.807) is 4.90 Å². The van der Waals surface area contributed by atoms with Crippen LogP contribution in [0.15, 0.2) is 17.0 Å². The Morgan fingerprint density at radius 2 is 1.90 bits per heavy atom. The van der Waals surface area contributed by atoms with Crippen molar-refractivity contribution in [2.75, 3.05) is 6.54 Å². The first-order valence-electron chi connectivity index (χ1n) is 6.36. The number of likely N-dealkylation sites (tertiary alicyclic amines) is 1. The summed E-state index contributed by atoms with van der Waals surface area (Å²) >= 11 is 11.9. The number of amides is 1. The van der Waals surface area contributed by atoms with E-state index in [2.05, 4.69) is 6.92 Å². The van der Waals surface area contributed by atoms with Gasteiger partial charge in [-0.15, -0.1) is 0 Å². The van der Waals surface area contributed by atoms with Crippen LogP contribution in [0.5, 0.6) is 0 Å². The van der Waals surface area contributed by atoms with Crippen molar-refractivity contribution in [3.8, 4) is 0 Å². The van der Waals surface area contributed by atoms with Crippen molar-refractivity contribution in [3.63, 3.8) is 0 Å². The van der Waals surface area contributed by atoms with Gasteiger partial charge in [0.05, 0.1) is 10.6 Å². The van der Waals surface area contributed by atoms with E-state index in [0.29, 0.717) is 12.5 Å². The summed E-state index contributed by atoms with van der Waals surface area (Å²) in [7, 11) is 1.25. The highest BCUT2D eigenvalue weighted by atomic mass is 35.7. The van der Waals surface area contributed by atoms with Crippen molar-refractivity contribution in [1.29, 1.82) is 0 Å². The van der Waals surface area contributed by atoms with Gasteiger partial charge in [0, 0.05) is 28.3 Å². The fourth-order valence-corrected chi connectivity index (χ4v) is 4.49. The van der Waals surface area contributed by atoms with E-state index in [1.165, 1.54) is 6.07 Å². The molecule has 0 aromatic heterocycles. The van der Waals surface area contributed by atoms with Gasteiger partial charge in [-0.3, -0.25) is 4.79 Å². The maximum Gasteiger partial charge on any atom is 0.262 e. The number of rotatable bonds is 2. The highest BCUT2D eigenvalue weighted by Crippen LogP contribution is 2.34. The van der Waals surface area contributed by atoms with Crippen LogP contribution in [0, 0.1) is 5.92 Å². The molecule has 2 rings (SSSR count). The highest BCUT2D eigenvalue weighted by molar-refractivity contribution is 8.13. The van der Waals surface area contributed by atoms with E-state index < -0.39 is 9.05 Å². The van der Waals surface area contributed by atoms with Gasteiger partial charge < -0.3 is 4.90 Å². The van der Waals surface area contributed by atoms with Crippen LogP contribution in [0.2, 0.25) is 10.0 Å². The lowest BCUT2D eigenvalue weighted by Gasteiger charge is -2.22. The van der Waals surface area contributed by atoms with Crippen LogP contribution in [0.3, 0.4) is 0 Å². The van der Waals surface area contributed by atoms with Gasteiger partial charge in [-0.25, -0.2) is 8.42 Å². The molecule has 1 aromatic rings. The second-order valence-electron chi connectivity index (χ2n) is 5.35. The number of carbonyl (C=O) groups excluding carboxylic acids is 1. The third kappa shape index (κ3) is 3.47. The van der Waals surface area contributed by atoms with Crippen molar-refractivity contribution < 1.29 is 13.2 Å². The largest absolute Gasteiger partial charge is 0.336 e. The predicted molar refractivity (Wildman–Crippen MR) is 83.8 cm³/mol. The number of halogens is 3. The van der Waals surface area contributed by atoms with E-state index in [9.17, 15) is 13.2 Å². The Hall–Kier alpha value is -0.490. The lowest BCUT2D eigenvalue weighted by Crippen LogP contribution is -2.34. The van der Waals surface area contributed by atoms with Gasteiger partial charge in [0.1, 0.15) is 4.90 Å². The van der Waals surface area contributed by atoms with Gasteiger partial charge in [-0.2, -0.15) is 0 Å². The first kappa shape index (κ1) is 16.9. The maximum atomic E-state index is 12.6. The molecule has 0 radical (unpaired) electrons. The fraction of sp³-hybridized carbons (Fsp3) is 0.462. The second kappa shape index (κ2) is 5.95. The summed E-state index contributed by atoms with van der Waals surface area (Å²) in [4.78, 5) is 13.9. The third-order valence-electron chi connectivity index (χ3n) is 3.54. The summed E-state index contributed by atoms with van der Waals surface area (Å²) in [6.45, 7) is 4.60. The Morgan fingerprint density at radius 1 is 1.29 bits per heavy atom. The molecule has 1 aliphatic rings. The molecule has 0 spiro atoms. The third-order valence-corrected chi connectivity index (χ3v) is 5.63. The van der Waals surface area contributed by atoms with E-state index in [4.69, 9.17) is 33.9 Å². The molecule has 1 aliphatic heterocycles. The van der Waals surface area contributed by atoms with E-state index >= 15 is 0 Å². The van der Waals surface area contributed by atoms with Crippen LogP contribution in [0.25, 0.3) is 0 Å². The van der Waals surface area contributed by atoms with Crippen LogP contribution in [0.4, 0.5) is 0 Å². The fourth-order valence-electron chi connectivity index (χ4n) is 2.63. The molecule has 4 nitrogen and oxygen atoms in total. The minimum absolute atomic E-state index is 0.0596. The summed E-state index contributed by atoms with van der Waals surface area (Å²) < 4.78 is 23.0. The number of hydrogen-bond donors (Lipinski definition) is 0. The molecular weight excluding hydrogens is 357 g/mol. The molecule has 2 atom stereocenters. The minimum Gasteiger partial charge on any atom is -0.336 e. The number of hydrogen-bond acceptors (Lipinski definition) is 3. The standard InChI is InChI=1S/C13H14Cl3NO3S/c1-7-3-8(2)17(6-7)13(18)10-4-9(14)5-11(12(10)15)21(16,19)20/h4-5,7-8H,3,6H2,1-2H3. The van der Waals surface area contributed by atoms with Gasteiger partial charge >= 0.3 is 0 Å². The zero-order chi connectivity index (χ0) is 15.9. The Morgan fingerprint density at radius 3 is 2.38 bits per heavy atom. The Kier molecular flexibility index (Phi) is 4.78. The molecule has 0 bridgehead atoms. The van der Waals surface area contributed by atoms with Gasteiger partial charge in [0.25, 0.3) is 15.0 Å². The molecule has 0 saturated carbocycles. The van der Waals surface area contributed by atoms with Crippen LogP contribution < -0.4 is 0 Å². The van der Waals surface area contributed by atoms with Crippen LogP contribution in [-0.2, 0) is 9.05 Å². The first-order chi connectivity index (χ1) is 9.61. The van der Waals surface area contributed by atoms with Crippen LogP contribution in [-0.4, -0.2) is 31.8 Å². The molecule has 8 heteroatoms. The van der Waals surface area contributed by atoms with E-state index in [-0.39, 0.29) is 32.5 Å². The molecule has 116 valence electrons. The molecule has 2 unspecified atom stereocenters. The molecule has 1 fully saturated rings. The van der Waals surface area contributed by atoms with E-state index in [1.807, 2.05) is 6.92 Å². The summed E-state index contributed by atoms with van der Waals surface area (Å²) in [5.74, 6) is 0.0547. The Labute approximate surface area is 138 Å². The molecule has 0 N–H and O–H groups in total. The second-order valence-corrected chi connectivity index (χ2v) is 8.70. The van der Waals surface area contributed by atoms with Crippen LogP contribution >= 0.6 is 33.9 Å². The zero-order valence-corrected chi connectivity index (χ0v) is 14.5. The van der Waals surface area contributed by atoms with E-state index in [0.717, 1.165) is 12.5 Å². The normalized spacial score (nSPS) is 22.6. The highest BCUT2D eigenvalue weighted by Gasteiger charge is 2.33. The molecule has 1 amide bonds. The van der Waals surface area contributed by atoms with Crippen molar-refractivity contribution in [2.24, 2.45) is 5.92 Å². The number of carbonyl (C=O) groups is 1. The average molecular weight is 371 g/mol. The smallest absolute Gasteiger partial charge is 0.262 e. The summed E-state index contributed by atoms with van der Waals surface area (Å²) in [5, 5.41) is -0.0898. The zero-order valence-electron chi connectivity index (χ0n) is 11.4. The van der Waals surface area contributed by atoms with Gasteiger partial charge in [0.15, 0.2) is 0 Å². The monoisotopic (exact) mass is 369 g/mol. The Bertz CT molecular complexity index is 690. The minimum atomic E-state index is -4.07. The molecule has 21 heavy (non-hydrogen) atoms. The topological polar surface area (TPSA) is 54.5 Å². The molecule has 1 heterocycles. The SMILES string of the molecule is CC1CC(C)N(C(=O)c2cc(Cl)cc(S(=O)(=O)Cl)c2Cl)C1. The average Bonchev–Trinajstić information content (AvgIpc) is 2.68.